The van der Waals surface area contributed by atoms with Crippen LogP contribution in [0, 0.1) is 0 Å². The molecule has 2 rings (SSSR count). The molecule has 0 amide bonds. The third-order valence-corrected chi connectivity index (χ3v) is 4.75. The number of aromatic nitrogens is 1. The molecular weight excluding hydrogens is 288 g/mol. The van der Waals surface area contributed by atoms with Gasteiger partial charge < -0.3 is 10.2 Å². The number of sulfonamides is 1. The Morgan fingerprint density at radius 2 is 2.10 bits per heavy atom. The van der Waals surface area contributed by atoms with Crippen molar-refractivity contribution in [2.45, 2.75) is 43.4 Å². The maximum atomic E-state index is 12.2. The predicted molar refractivity (Wildman–Crippen MR) is 82.4 cm³/mol. The zero-order valence-electron chi connectivity index (χ0n) is 12.8. The number of rotatable bonds is 8. The molecule has 1 heterocycles. The molecule has 1 saturated carbocycles. The summed E-state index contributed by atoms with van der Waals surface area (Å²) in [6.45, 7) is 3.22. The van der Waals surface area contributed by atoms with Gasteiger partial charge in [0.05, 0.1) is 0 Å². The van der Waals surface area contributed by atoms with Gasteiger partial charge in [-0.1, -0.05) is 6.07 Å². The molecule has 1 unspecified atom stereocenters. The lowest BCUT2D eigenvalue weighted by Crippen LogP contribution is -2.39. The largest absolute Gasteiger partial charge is 0.310 e. The lowest BCUT2D eigenvalue weighted by Gasteiger charge is -2.18. The Hall–Kier alpha value is -1.02. The third kappa shape index (κ3) is 5.35. The Labute approximate surface area is 127 Å². The van der Waals surface area contributed by atoms with Gasteiger partial charge in [-0.05, 0) is 45.5 Å². The van der Waals surface area contributed by atoms with Gasteiger partial charge in [0.15, 0.2) is 5.03 Å². The van der Waals surface area contributed by atoms with Crippen LogP contribution in [0.15, 0.2) is 23.4 Å². The van der Waals surface area contributed by atoms with E-state index in [4.69, 9.17) is 0 Å². The Balaban J connectivity index is 1.95. The van der Waals surface area contributed by atoms with Gasteiger partial charge in [0, 0.05) is 31.4 Å². The second-order valence-electron chi connectivity index (χ2n) is 5.94. The summed E-state index contributed by atoms with van der Waals surface area (Å²) in [5.74, 6) is 0. The van der Waals surface area contributed by atoms with Crippen molar-refractivity contribution in [3.8, 4) is 0 Å². The van der Waals surface area contributed by atoms with Gasteiger partial charge in [0.1, 0.15) is 0 Å². The van der Waals surface area contributed by atoms with Crippen molar-refractivity contribution >= 4 is 10.0 Å². The molecule has 118 valence electrons. The Kier molecular flexibility index (Phi) is 5.32. The first-order chi connectivity index (χ1) is 9.87. The van der Waals surface area contributed by atoms with E-state index in [-0.39, 0.29) is 11.1 Å². The molecule has 1 atom stereocenters. The van der Waals surface area contributed by atoms with E-state index in [0.717, 1.165) is 12.1 Å². The van der Waals surface area contributed by atoms with E-state index in [9.17, 15) is 8.42 Å². The van der Waals surface area contributed by atoms with Crippen LogP contribution >= 0.6 is 0 Å². The van der Waals surface area contributed by atoms with Crippen LogP contribution in [-0.4, -0.2) is 51.0 Å². The van der Waals surface area contributed by atoms with Crippen molar-refractivity contribution in [3.05, 3.63) is 23.9 Å². The maximum Gasteiger partial charge on any atom is 0.258 e. The quantitative estimate of drug-likeness (QED) is 0.734. The highest BCUT2D eigenvalue weighted by atomic mass is 32.2. The van der Waals surface area contributed by atoms with Crippen LogP contribution in [0.4, 0.5) is 0 Å². The first kappa shape index (κ1) is 16.4. The van der Waals surface area contributed by atoms with Gasteiger partial charge in [0.25, 0.3) is 10.0 Å². The monoisotopic (exact) mass is 312 g/mol. The van der Waals surface area contributed by atoms with Gasteiger partial charge >= 0.3 is 0 Å². The Morgan fingerprint density at radius 3 is 2.62 bits per heavy atom. The molecule has 7 heteroatoms. The number of nitrogens with zero attached hydrogens (tertiary/aromatic N) is 2. The van der Waals surface area contributed by atoms with E-state index in [2.05, 4.69) is 15.0 Å². The van der Waals surface area contributed by atoms with Gasteiger partial charge in [-0.25, -0.2) is 18.1 Å². The standard InChI is InChI=1S/C14H24N4O2S/c1-11(10-18(2)3)17-21(19,20)14-7-4-12(9-16-14)8-15-13-5-6-13/h4,7,9,11,13,15,17H,5-6,8,10H2,1-3H3. The van der Waals surface area contributed by atoms with Gasteiger partial charge in [-0.15, -0.1) is 0 Å². The molecule has 0 radical (unpaired) electrons. The fourth-order valence-corrected chi connectivity index (χ4v) is 3.30. The fourth-order valence-electron chi connectivity index (χ4n) is 2.13. The van der Waals surface area contributed by atoms with Crippen molar-refractivity contribution < 1.29 is 8.42 Å². The summed E-state index contributed by atoms with van der Waals surface area (Å²) in [6, 6.07) is 3.84. The maximum absolute atomic E-state index is 12.2. The molecule has 0 aromatic carbocycles. The van der Waals surface area contributed by atoms with Crippen LogP contribution in [0.2, 0.25) is 0 Å². The predicted octanol–water partition coefficient (Wildman–Crippen LogP) is 0.562. The summed E-state index contributed by atoms with van der Waals surface area (Å²) >= 11 is 0. The summed E-state index contributed by atoms with van der Waals surface area (Å²) in [4.78, 5) is 6.01. The summed E-state index contributed by atoms with van der Waals surface area (Å²) in [7, 11) is 0.266. The molecule has 0 aliphatic heterocycles. The van der Waals surface area contributed by atoms with Crippen LogP contribution in [0.1, 0.15) is 25.3 Å². The molecule has 1 aromatic rings. The van der Waals surface area contributed by atoms with E-state index in [1.54, 1.807) is 12.3 Å². The van der Waals surface area contributed by atoms with Gasteiger partial charge in [-0.2, -0.15) is 0 Å². The minimum absolute atomic E-state index is 0.0725. The highest BCUT2D eigenvalue weighted by Crippen LogP contribution is 2.19. The van der Waals surface area contributed by atoms with Crippen LogP contribution in [0.25, 0.3) is 0 Å². The summed E-state index contributed by atoms with van der Waals surface area (Å²) < 4.78 is 27.0. The van der Waals surface area contributed by atoms with Crippen LogP contribution in [0.3, 0.4) is 0 Å². The minimum Gasteiger partial charge on any atom is -0.310 e. The highest BCUT2D eigenvalue weighted by Gasteiger charge is 2.21. The van der Waals surface area contributed by atoms with Crippen molar-refractivity contribution in [3.63, 3.8) is 0 Å². The number of likely N-dealkylation sites (N-methyl/N-ethyl adjacent to an activating group) is 1. The molecule has 1 fully saturated rings. The van der Waals surface area contributed by atoms with Crippen molar-refractivity contribution in [2.24, 2.45) is 0 Å². The third-order valence-electron chi connectivity index (χ3n) is 3.24. The van der Waals surface area contributed by atoms with E-state index >= 15 is 0 Å². The number of hydrogen-bond donors (Lipinski definition) is 2. The first-order valence-corrected chi connectivity index (χ1v) is 8.70. The van der Waals surface area contributed by atoms with Crippen LogP contribution in [0.5, 0.6) is 0 Å². The van der Waals surface area contributed by atoms with Crippen molar-refractivity contribution in [2.75, 3.05) is 20.6 Å². The second-order valence-corrected chi connectivity index (χ2v) is 7.61. The zero-order valence-corrected chi connectivity index (χ0v) is 13.7. The average Bonchev–Trinajstić information content (AvgIpc) is 3.19. The number of hydrogen-bond acceptors (Lipinski definition) is 5. The lowest BCUT2D eigenvalue weighted by atomic mass is 10.3. The minimum atomic E-state index is -3.55. The lowest BCUT2D eigenvalue weighted by molar-refractivity contribution is 0.370. The Morgan fingerprint density at radius 1 is 1.38 bits per heavy atom. The Bertz CT molecular complexity index is 553. The number of nitrogens with one attached hydrogen (secondary N) is 2. The summed E-state index contributed by atoms with van der Waals surface area (Å²) in [5, 5.41) is 3.45. The molecule has 1 aliphatic carbocycles. The van der Waals surface area contributed by atoms with Crippen molar-refractivity contribution in [1.82, 2.24) is 19.9 Å². The topological polar surface area (TPSA) is 74.3 Å². The summed E-state index contributed by atoms with van der Waals surface area (Å²) in [6.07, 6.45) is 4.09. The van der Waals surface area contributed by atoms with Crippen LogP contribution < -0.4 is 10.0 Å². The first-order valence-electron chi connectivity index (χ1n) is 7.22. The molecule has 0 saturated heterocycles. The average molecular weight is 312 g/mol. The molecule has 1 aliphatic rings. The smallest absolute Gasteiger partial charge is 0.258 e. The fraction of sp³-hybridized carbons (Fsp3) is 0.643. The molecule has 2 N–H and O–H groups in total. The van der Waals surface area contributed by atoms with E-state index < -0.39 is 10.0 Å². The van der Waals surface area contributed by atoms with Gasteiger partial charge in [-0.3, -0.25) is 0 Å². The van der Waals surface area contributed by atoms with Gasteiger partial charge in [0.2, 0.25) is 0 Å². The molecule has 0 spiro atoms. The SMILES string of the molecule is CC(CN(C)C)NS(=O)(=O)c1ccc(CNC2CC2)cn1. The van der Waals surface area contributed by atoms with E-state index in [1.807, 2.05) is 32.0 Å². The second kappa shape index (κ2) is 6.83. The normalized spacial score (nSPS) is 17.1. The van der Waals surface area contributed by atoms with E-state index in [0.29, 0.717) is 12.6 Å². The molecular formula is C14H24N4O2S. The molecule has 6 nitrogen and oxygen atoms in total. The van der Waals surface area contributed by atoms with Crippen molar-refractivity contribution in [1.29, 1.82) is 0 Å². The summed E-state index contributed by atoms with van der Waals surface area (Å²) in [5.41, 5.74) is 1.00. The molecule has 0 bridgehead atoms. The highest BCUT2D eigenvalue weighted by molar-refractivity contribution is 7.89. The molecule has 21 heavy (non-hydrogen) atoms. The van der Waals surface area contributed by atoms with E-state index in [1.165, 1.54) is 12.8 Å². The number of pyridine rings is 1. The zero-order chi connectivity index (χ0) is 15.5. The molecule has 1 aromatic heterocycles. The van der Waals surface area contributed by atoms with Crippen LogP contribution in [-0.2, 0) is 16.6 Å².